The first-order chi connectivity index (χ1) is 12.1. The first kappa shape index (κ1) is 16.8. The highest BCUT2D eigenvalue weighted by Crippen LogP contribution is 2.11. The summed E-state index contributed by atoms with van der Waals surface area (Å²) in [6.07, 6.45) is 3.86. The standard InChI is InChI=1S/C19H20N4O2/c1-14-6-5-8-16-18(14)21-13-23(19(16)25)12-17(24)22(2)11-9-15-7-3-4-10-20-15/h3-8,10,13H,9,11-12H2,1-2H3. The lowest BCUT2D eigenvalue weighted by Gasteiger charge is -2.17. The molecule has 0 aliphatic carbocycles. The summed E-state index contributed by atoms with van der Waals surface area (Å²) in [5.41, 5.74) is 2.36. The minimum Gasteiger partial charge on any atom is -0.344 e. The maximum atomic E-state index is 12.6. The molecule has 0 saturated heterocycles. The number of benzene rings is 1. The van der Waals surface area contributed by atoms with Gasteiger partial charge >= 0.3 is 0 Å². The maximum absolute atomic E-state index is 12.6. The number of aryl methyl sites for hydroxylation is 1. The molecule has 128 valence electrons. The zero-order valence-electron chi connectivity index (χ0n) is 14.3. The van der Waals surface area contributed by atoms with E-state index < -0.39 is 0 Å². The highest BCUT2D eigenvalue weighted by molar-refractivity contribution is 5.81. The lowest BCUT2D eigenvalue weighted by atomic mass is 10.1. The lowest BCUT2D eigenvalue weighted by molar-refractivity contribution is -0.130. The number of hydrogen-bond acceptors (Lipinski definition) is 4. The van der Waals surface area contributed by atoms with Crippen LogP contribution in [0, 0.1) is 6.92 Å². The van der Waals surface area contributed by atoms with Crippen molar-refractivity contribution in [1.82, 2.24) is 19.4 Å². The minimum absolute atomic E-state index is 0.0194. The summed E-state index contributed by atoms with van der Waals surface area (Å²) in [6.45, 7) is 2.44. The second-order valence-corrected chi connectivity index (χ2v) is 6.04. The Bertz CT molecular complexity index is 951. The van der Waals surface area contributed by atoms with Gasteiger partial charge in [0.05, 0.1) is 17.2 Å². The van der Waals surface area contributed by atoms with Gasteiger partial charge in [0.15, 0.2) is 0 Å². The van der Waals surface area contributed by atoms with E-state index in [4.69, 9.17) is 0 Å². The number of nitrogens with zero attached hydrogens (tertiary/aromatic N) is 4. The average Bonchev–Trinajstić information content (AvgIpc) is 2.63. The summed E-state index contributed by atoms with van der Waals surface area (Å²) in [7, 11) is 1.73. The van der Waals surface area contributed by atoms with Crippen molar-refractivity contribution in [3.05, 3.63) is 70.5 Å². The summed E-state index contributed by atoms with van der Waals surface area (Å²) in [5.74, 6) is -0.133. The molecule has 0 aliphatic heterocycles. The fourth-order valence-corrected chi connectivity index (χ4v) is 2.67. The molecule has 6 nitrogen and oxygen atoms in total. The summed E-state index contributed by atoms with van der Waals surface area (Å²) >= 11 is 0. The van der Waals surface area contributed by atoms with Gasteiger partial charge in [-0.05, 0) is 30.7 Å². The normalized spacial score (nSPS) is 10.8. The van der Waals surface area contributed by atoms with Gasteiger partial charge in [0, 0.05) is 31.9 Å². The Balaban J connectivity index is 1.71. The fourth-order valence-electron chi connectivity index (χ4n) is 2.67. The van der Waals surface area contributed by atoms with Gasteiger partial charge in [-0.15, -0.1) is 0 Å². The van der Waals surface area contributed by atoms with Gasteiger partial charge in [0.25, 0.3) is 5.56 Å². The molecule has 0 atom stereocenters. The maximum Gasteiger partial charge on any atom is 0.261 e. The van der Waals surface area contributed by atoms with Gasteiger partial charge in [0.2, 0.25) is 5.91 Å². The van der Waals surface area contributed by atoms with Crippen LogP contribution >= 0.6 is 0 Å². The van der Waals surface area contributed by atoms with E-state index in [-0.39, 0.29) is 18.0 Å². The molecule has 1 aromatic carbocycles. The molecule has 3 aromatic rings. The molecule has 0 fully saturated rings. The van der Waals surface area contributed by atoms with E-state index in [0.29, 0.717) is 23.9 Å². The minimum atomic E-state index is -0.194. The van der Waals surface area contributed by atoms with Crippen molar-refractivity contribution in [2.75, 3.05) is 13.6 Å². The number of carbonyl (C=O) groups excluding carboxylic acids is 1. The van der Waals surface area contributed by atoms with Crippen LogP contribution in [0.15, 0.2) is 53.7 Å². The molecule has 0 spiro atoms. The molecule has 1 amide bonds. The van der Waals surface area contributed by atoms with Crippen molar-refractivity contribution >= 4 is 16.8 Å². The van der Waals surface area contributed by atoms with E-state index in [1.54, 1.807) is 24.2 Å². The Morgan fingerprint density at radius 2 is 2.00 bits per heavy atom. The third-order valence-electron chi connectivity index (χ3n) is 4.22. The van der Waals surface area contributed by atoms with Gasteiger partial charge in [-0.25, -0.2) is 4.98 Å². The van der Waals surface area contributed by atoms with Crippen molar-refractivity contribution in [3.63, 3.8) is 0 Å². The molecule has 0 saturated carbocycles. The number of carbonyl (C=O) groups is 1. The molecule has 0 unspecified atom stereocenters. The number of amides is 1. The van der Waals surface area contributed by atoms with Crippen LogP contribution < -0.4 is 5.56 Å². The number of para-hydroxylation sites is 1. The van der Waals surface area contributed by atoms with Crippen molar-refractivity contribution in [1.29, 1.82) is 0 Å². The molecule has 0 radical (unpaired) electrons. The number of fused-ring (bicyclic) bond motifs is 1. The molecular weight excluding hydrogens is 316 g/mol. The monoisotopic (exact) mass is 336 g/mol. The Kier molecular flexibility index (Phi) is 4.88. The Morgan fingerprint density at radius 3 is 2.76 bits per heavy atom. The van der Waals surface area contributed by atoms with Crippen LogP contribution in [0.2, 0.25) is 0 Å². The fraction of sp³-hybridized carbons (Fsp3) is 0.263. The average molecular weight is 336 g/mol. The first-order valence-corrected chi connectivity index (χ1v) is 8.15. The molecule has 0 bridgehead atoms. The molecule has 25 heavy (non-hydrogen) atoms. The van der Waals surface area contributed by atoms with Crippen molar-refractivity contribution < 1.29 is 4.79 Å². The smallest absolute Gasteiger partial charge is 0.261 e. The zero-order valence-corrected chi connectivity index (χ0v) is 14.3. The van der Waals surface area contributed by atoms with Gasteiger partial charge in [-0.1, -0.05) is 18.2 Å². The summed E-state index contributed by atoms with van der Waals surface area (Å²) in [6, 6.07) is 11.2. The zero-order chi connectivity index (χ0) is 17.8. The van der Waals surface area contributed by atoms with Gasteiger partial charge in [-0.3, -0.25) is 19.1 Å². The van der Waals surface area contributed by atoms with Gasteiger partial charge in [-0.2, -0.15) is 0 Å². The van der Waals surface area contributed by atoms with E-state index in [9.17, 15) is 9.59 Å². The summed E-state index contributed by atoms with van der Waals surface area (Å²) in [4.78, 5) is 35.2. The highest BCUT2D eigenvalue weighted by atomic mass is 16.2. The molecule has 2 aromatic heterocycles. The number of likely N-dealkylation sites (N-methyl/N-ethyl adjacent to an activating group) is 1. The number of aromatic nitrogens is 3. The number of pyridine rings is 1. The Labute approximate surface area is 145 Å². The topological polar surface area (TPSA) is 68.1 Å². The molecule has 0 aliphatic rings. The van der Waals surface area contributed by atoms with Crippen LogP contribution in [0.5, 0.6) is 0 Å². The molecule has 2 heterocycles. The quantitative estimate of drug-likeness (QED) is 0.712. The van der Waals surface area contributed by atoms with E-state index in [2.05, 4.69) is 9.97 Å². The van der Waals surface area contributed by atoms with E-state index in [1.165, 1.54) is 10.9 Å². The highest BCUT2D eigenvalue weighted by Gasteiger charge is 2.13. The number of hydrogen-bond donors (Lipinski definition) is 0. The van der Waals surface area contributed by atoms with Gasteiger partial charge < -0.3 is 4.90 Å². The molecule has 3 rings (SSSR count). The number of rotatable bonds is 5. The molecular formula is C19H20N4O2. The van der Waals surface area contributed by atoms with Crippen LogP contribution in [0.3, 0.4) is 0 Å². The second kappa shape index (κ2) is 7.25. The Hall–Kier alpha value is -3.02. The Morgan fingerprint density at radius 1 is 1.16 bits per heavy atom. The third-order valence-corrected chi connectivity index (χ3v) is 4.22. The largest absolute Gasteiger partial charge is 0.344 e. The van der Waals surface area contributed by atoms with Crippen molar-refractivity contribution in [3.8, 4) is 0 Å². The second-order valence-electron chi connectivity index (χ2n) is 6.04. The molecule has 6 heteroatoms. The summed E-state index contributed by atoms with van der Waals surface area (Å²) < 4.78 is 1.36. The van der Waals surface area contributed by atoms with Gasteiger partial charge in [0.1, 0.15) is 6.54 Å². The SMILES string of the molecule is Cc1cccc2c(=O)n(CC(=O)N(C)CCc3ccccn3)cnc12. The summed E-state index contributed by atoms with van der Waals surface area (Å²) in [5, 5.41) is 0.534. The van der Waals surface area contributed by atoms with Crippen molar-refractivity contribution in [2.45, 2.75) is 19.9 Å². The molecule has 0 N–H and O–H groups in total. The lowest BCUT2D eigenvalue weighted by Crippen LogP contribution is -2.35. The predicted molar refractivity (Wildman–Crippen MR) is 96.3 cm³/mol. The van der Waals surface area contributed by atoms with Crippen LogP contribution in [0.1, 0.15) is 11.3 Å². The van der Waals surface area contributed by atoms with Crippen LogP contribution in [0.4, 0.5) is 0 Å². The van der Waals surface area contributed by atoms with E-state index in [1.807, 2.05) is 37.3 Å². The van der Waals surface area contributed by atoms with E-state index >= 15 is 0 Å². The van der Waals surface area contributed by atoms with E-state index in [0.717, 1.165) is 11.3 Å². The first-order valence-electron chi connectivity index (χ1n) is 8.15. The van der Waals surface area contributed by atoms with Crippen LogP contribution in [-0.4, -0.2) is 38.9 Å². The predicted octanol–water partition coefficient (Wildman–Crippen LogP) is 1.80. The van der Waals surface area contributed by atoms with Crippen molar-refractivity contribution in [2.24, 2.45) is 0 Å². The van der Waals surface area contributed by atoms with Crippen LogP contribution in [-0.2, 0) is 17.8 Å². The van der Waals surface area contributed by atoms with Crippen LogP contribution in [0.25, 0.3) is 10.9 Å². The third kappa shape index (κ3) is 3.74.